The highest BCUT2D eigenvalue weighted by Gasteiger charge is 2.56. The van der Waals surface area contributed by atoms with Crippen molar-refractivity contribution in [2.45, 2.75) is 24.0 Å². The normalized spacial score (nSPS) is 29.8. The van der Waals surface area contributed by atoms with Crippen molar-refractivity contribution in [1.82, 2.24) is 9.55 Å². The van der Waals surface area contributed by atoms with Crippen molar-refractivity contribution in [3.63, 3.8) is 0 Å². The lowest BCUT2D eigenvalue weighted by Crippen LogP contribution is -2.45. The first-order valence-corrected chi connectivity index (χ1v) is 12.7. The van der Waals surface area contributed by atoms with Crippen molar-refractivity contribution in [3.8, 4) is 12.3 Å². The zero-order valence-corrected chi connectivity index (χ0v) is 18.6. The molecule has 6 atom stereocenters. The van der Waals surface area contributed by atoms with Gasteiger partial charge in [-0.15, -0.1) is 6.42 Å². The zero-order chi connectivity index (χ0) is 24.7. The van der Waals surface area contributed by atoms with E-state index in [9.17, 15) is 38.0 Å². The number of aliphatic hydroxyl groups is 2. The molecule has 1 aliphatic heterocycles. The van der Waals surface area contributed by atoms with Gasteiger partial charge in [-0.1, -0.05) is 18.1 Å². The Labute approximate surface area is 181 Å². The molecule has 0 amide bonds. The molecule has 0 saturated carbocycles. The molecule has 16 nitrogen and oxygen atoms in total. The Morgan fingerprint density at radius 1 is 1.25 bits per heavy atom. The van der Waals surface area contributed by atoms with Gasteiger partial charge in [0.1, 0.15) is 23.5 Å². The third-order valence-electron chi connectivity index (χ3n) is 3.73. The summed E-state index contributed by atoms with van der Waals surface area (Å²) in [6.07, 6.45) is -0.266. The van der Waals surface area contributed by atoms with E-state index < -0.39 is 70.3 Å². The average molecular weight is 542 g/mol. The van der Waals surface area contributed by atoms with Crippen LogP contribution in [0.25, 0.3) is 0 Å². The van der Waals surface area contributed by atoms with Crippen LogP contribution >= 0.6 is 35.7 Å². The van der Waals surface area contributed by atoms with Crippen LogP contribution in [-0.4, -0.2) is 63.8 Å². The van der Waals surface area contributed by atoms with Gasteiger partial charge in [0, 0.05) is 0 Å². The van der Waals surface area contributed by atoms with Crippen LogP contribution < -0.4 is 5.69 Å². The van der Waals surface area contributed by atoms with Crippen LogP contribution in [0, 0.1) is 22.8 Å². The maximum atomic E-state index is 13.7. The number of aromatic nitrogens is 2. The van der Waals surface area contributed by atoms with Crippen LogP contribution in [0.5, 0.6) is 0 Å². The zero-order valence-electron chi connectivity index (χ0n) is 15.1. The fourth-order valence-corrected chi connectivity index (χ4v) is 5.61. The van der Waals surface area contributed by atoms with E-state index in [2.05, 4.69) is 25.4 Å². The molecule has 180 valence electrons. The molecule has 1 aromatic rings. The Morgan fingerprint density at radius 3 is 2.38 bits per heavy atom. The van der Waals surface area contributed by atoms with Crippen LogP contribution in [0.1, 0.15) is 6.23 Å². The number of H-pyrrole nitrogens is 1. The number of phosphoric acid groups is 3. The molecular weight excluding hydrogens is 528 g/mol. The molecule has 0 aliphatic carbocycles. The van der Waals surface area contributed by atoms with Crippen molar-refractivity contribution in [2.24, 2.45) is 0 Å². The van der Waals surface area contributed by atoms with Gasteiger partial charge in [-0.2, -0.15) is 8.62 Å². The molecule has 1 aromatic heterocycles. The Hall–Kier alpha value is -1.12. The van der Waals surface area contributed by atoms with Gasteiger partial charge in [-0.25, -0.2) is 22.9 Å². The van der Waals surface area contributed by atoms with E-state index in [1.54, 1.807) is 5.92 Å². The van der Waals surface area contributed by atoms with Crippen molar-refractivity contribution < 1.29 is 65.8 Å². The highest BCUT2D eigenvalue weighted by molar-refractivity contribution is 7.71. The summed E-state index contributed by atoms with van der Waals surface area (Å²) in [5.74, 6) is 0.690. The second-order valence-electron chi connectivity index (χ2n) is 5.99. The average Bonchev–Trinajstić information content (AvgIpc) is 2.85. The van der Waals surface area contributed by atoms with E-state index in [4.69, 9.17) is 25.8 Å². The Kier molecular flexibility index (Phi) is 7.85. The van der Waals surface area contributed by atoms with Gasteiger partial charge in [-0.05, 0) is 0 Å². The highest BCUT2D eigenvalue weighted by atomic mass is 32.1. The molecule has 2 heterocycles. The first kappa shape index (κ1) is 27.1. The van der Waals surface area contributed by atoms with Crippen molar-refractivity contribution >= 4 is 35.7 Å². The molecule has 1 saturated heterocycles. The molecule has 21 heteroatoms. The topological polar surface area (TPSA) is 247 Å². The van der Waals surface area contributed by atoms with Crippen LogP contribution in [-0.2, 0) is 31.6 Å². The summed E-state index contributed by atoms with van der Waals surface area (Å²) >= 11 is 4.53. The second kappa shape index (κ2) is 9.26. The minimum atomic E-state index is -5.84. The SMILES string of the molecule is C#C[C@]1(COP(=O)(O)OP(=O)(O)OP(=O)(O)O)O[C@@H](n2cc(F)c(=S)[nH]c2=O)C(O)[C@H]1O. The summed E-state index contributed by atoms with van der Waals surface area (Å²) in [5, 5.41) is 20.5. The lowest BCUT2D eigenvalue weighted by atomic mass is 9.97. The Bertz CT molecular complexity index is 1190. The van der Waals surface area contributed by atoms with Crippen LogP contribution in [0.2, 0.25) is 0 Å². The molecule has 0 aromatic carbocycles. The summed E-state index contributed by atoms with van der Waals surface area (Å²) in [7, 11) is -17.1. The standard InChI is InChI=1S/C11H14FN2O14P3S/c1-2-11(4-25-30(21,22)28-31(23,24)27-29(18,19)20)7(16)6(15)9(26-11)14-3-5(12)8(32)13-10(14)17/h1,3,6-7,9,15-16H,4H2,(H,21,22)(H,23,24)(H,13,17,32)(H2,18,19,20)/t6?,7-,9-,11-/m1/s1. The van der Waals surface area contributed by atoms with Crippen molar-refractivity contribution in [3.05, 3.63) is 27.1 Å². The Balaban J connectivity index is 2.26. The summed E-state index contributed by atoms with van der Waals surface area (Å²) < 4.78 is 64.0. The number of phosphoric ester groups is 1. The number of terminal acetylenes is 1. The fourth-order valence-electron chi connectivity index (χ4n) is 2.42. The van der Waals surface area contributed by atoms with Crippen LogP contribution in [0.3, 0.4) is 0 Å². The number of aromatic amines is 1. The number of nitrogens with zero attached hydrogens (tertiary/aromatic N) is 1. The predicted molar refractivity (Wildman–Crippen MR) is 99.4 cm³/mol. The highest BCUT2D eigenvalue weighted by Crippen LogP contribution is 2.66. The van der Waals surface area contributed by atoms with Gasteiger partial charge < -0.3 is 34.5 Å². The van der Waals surface area contributed by atoms with Crippen LogP contribution in [0.15, 0.2) is 11.0 Å². The van der Waals surface area contributed by atoms with Crippen LogP contribution in [0.4, 0.5) is 4.39 Å². The third-order valence-corrected chi connectivity index (χ3v) is 7.81. The lowest BCUT2D eigenvalue weighted by molar-refractivity contribution is -0.0922. The van der Waals surface area contributed by atoms with E-state index in [0.29, 0.717) is 10.8 Å². The van der Waals surface area contributed by atoms with Gasteiger partial charge in [-0.3, -0.25) is 14.1 Å². The lowest BCUT2D eigenvalue weighted by Gasteiger charge is -2.27. The Morgan fingerprint density at radius 2 is 1.84 bits per heavy atom. The first-order chi connectivity index (χ1) is 14.4. The smallest absolute Gasteiger partial charge is 0.386 e. The molecule has 3 unspecified atom stereocenters. The van der Waals surface area contributed by atoms with Gasteiger partial charge in [0.2, 0.25) is 0 Å². The number of hydrogen-bond donors (Lipinski definition) is 7. The summed E-state index contributed by atoms with van der Waals surface area (Å²) in [6, 6.07) is 0. The fraction of sp³-hybridized carbons (Fsp3) is 0.455. The molecule has 0 spiro atoms. The number of halogens is 1. The minimum Gasteiger partial charge on any atom is -0.386 e. The molecular formula is C11H14FN2O14P3S. The number of aliphatic hydroxyl groups excluding tert-OH is 2. The van der Waals surface area contributed by atoms with E-state index >= 15 is 0 Å². The molecule has 7 N–H and O–H groups in total. The molecule has 2 rings (SSSR count). The largest absolute Gasteiger partial charge is 0.490 e. The monoisotopic (exact) mass is 542 g/mol. The second-order valence-corrected chi connectivity index (χ2v) is 10.8. The maximum absolute atomic E-state index is 13.7. The van der Waals surface area contributed by atoms with Gasteiger partial charge in [0.25, 0.3) is 0 Å². The van der Waals surface area contributed by atoms with E-state index in [1.807, 2.05) is 4.98 Å². The minimum absolute atomic E-state index is 0.433. The number of rotatable bonds is 8. The number of nitrogens with one attached hydrogen (secondary N) is 1. The summed E-state index contributed by atoms with van der Waals surface area (Å²) in [5.41, 5.74) is -3.59. The molecule has 1 aliphatic rings. The van der Waals surface area contributed by atoms with Crippen molar-refractivity contribution in [2.75, 3.05) is 6.61 Å². The van der Waals surface area contributed by atoms with Gasteiger partial charge in [0.05, 0.1) is 6.20 Å². The van der Waals surface area contributed by atoms with E-state index in [1.165, 1.54) is 0 Å². The molecule has 0 bridgehead atoms. The molecule has 32 heavy (non-hydrogen) atoms. The number of hydrogen-bond acceptors (Lipinski definition) is 11. The quantitative estimate of drug-likeness (QED) is 0.118. The summed E-state index contributed by atoms with van der Waals surface area (Å²) in [4.78, 5) is 49.5. The number of ether oxygens (including phenoxy) is 1. The molecule has 1 fully saturated rings. The van der Waals surface area contributed by atoms with Gasteiger partial charge >= 0.3 is 29.2 Å². The predicted octanol–water partition coefficient (Wildman–Crippen LogP) is -0.989. The van der Waals surface area contributed by atoms with E-state index in [-0.39, 0.29) is 0 Å². The summed E-state index contributed by atoms with van der Waals surface area (Å²) in [6.45, 7) is -1.35. The van der Waals surface area contributed by atoms with Gasteiger partial charge in [0.15, 0.2) is 17.6 Å². The first-order valence-electron chi connectivity index (χ1n) is 7.73. The molecule has 0 radical (unpaired) electrons. The maximum Gasteiger partial charge on any atom is 0.490 e. The van der Waals surface area contributed by atoms with E-state index in [0.717, 1.165) is 0 Å². The third kappa shape index (κ3) is 6.26. The van der Waals surface area contributed by atoms with Crippen molar-refractivity contribution in [1.29, 1.82) is 0 Å².